The number of hydrogen-bond donors (Lipinski definition) is 1. The summed E-state index contributed by atoms with van der Waals surface area (Å²) in [6.07, 6.45) is 4.18. The number of pyridine rings is 1. The van der Waals surface area contributed by atoms with Crippen LogP contribution in [0.1, 0.15) is 35.0 Å². The van der Waals surface area contributed by atoms with Gasteiger partial charge < -0.3 is 14.8 Å². The number of nitrogens with one attached hydrogen (secondary N) is 1. The number of nitrogens with zero attached hydrogens (tertiary/aromatic N) is 3. The van der Waals surface area contributed by atoms with Gasteiger partial charge in [0, 0.05) is 31.5 Å². The average Bonchev–Trinajstić information content (AvgIpc) is 2.78. The lowest BCUT2D eigenvalue weighted by Gasteiger charge is -2.13. The van der Waals surface area contributed by atoms with Crippen molar-refractivity contribution in [1.82, 2.24) is 20.1 Å². The normalized spacial score (nSPS) is 10.5. The third-order valence-corrected chi connectivity index (χ3v) is 4.36. The zero-order valence-electron chi connectivity index (χ0n) is 17.0. The smallest absolute Gasteiger partial charge is 0.271 e. The summed E-state index contributed by atoms with van der Waals surface area (Å²) >= 11 is 0. The molecule has 0 radical (unpaired) electrons. The molecule has 1 N–H and O–H groups in total. The van der Waals surface area contributed by atoms with Crippen LogP contribution < -0.4 is 20.3 Å². The molecule has 0 spiro atoms. The molecule has 156 valence electrons. The van der Waals surface area contributed by atoms with Crippen molar-refractivity contribution in [2.75, 3.05) is 7.11 Å². The van der Waals surface area contributed by atoms with Crippen LogP contribution in [0, 0.1) is 0 Å². The number of carbonyl (C=O) groups excluding carboxylic acids is 1. The lowest BCUT2D eigenvalue weighted by atomic mass is 10.2. The maximum absolute atomic E-state index is 12.4. The Hall–Kier alpha value is -3.68. The van der Waals surface area contributed by atoms with E-state index >= 15 is 0 Å². The van der Waals surface area contributed by atoms with Crippen LogP contribution in [-0.4, -0.2) is 27.8 Å². The third-order valence-electron chi connectivity index (χ3n) is 4.36. The predicted molar refractivity (Wildman–Crippen MR) is 112 cm³/mol. The van der Waals surface area contributed by atoms with Gasteiger partial charge >= 0.3 is 0 Å². The predicted octanol–water partition coefficient (Wildman–Crippen LogP) is 2.57. The van der Waals surface area contributed by atoms with Gasteiger partial charge in [0.15, 0.2) is 11.5 Å². The van der Waals surface area contributed by atoms with E-state index in [1.165, 1.54) is 16.8 Å². The molecule has 1 amide bonds. The first-order chi connectivity index (χ1) is 14.6. The van der Waals surface area contributed by atoms with Gasteiger partial charge in [-0.05, 0) is 47.9 Å². The Balaban J connectivity index is 1.63. The highest BCUT2D eigenvalue weighted by Gasteiger charge is 2.11. The van der Waals surface area contributed by atoms with Crippen LogP contribution in [0.3, 0.4) is 0 Å². The molecule has 0 unspecified atom stereocenters. The summed E-state index contributed by atoms with van der Waals surface area (Å²) in [7, 11) is 1.57. The second-order valence-corrected chi connectivity index (χ2v) is 6.59. The first-order valence-corrected chi connectivity index (χ1v) is 9.65. The van der Waals surface area contributed by atoms with E-state index in [9.17, 15) is 9.59 Å². The highest BCUT2D eigenvalue weighted by Crippen LogP contribution is 2.28. The van der Waals surface area contributed by atoms with E-state index in [2.05, 4.69) is 15.4 Å². The molecule has 2 aromatic heterocycles. The van der Waals surface area contributed by atoms with Crippen molar-refractivity contribution in [2.24, 2.45) is 0 Å². The van der Waals surface area contributed by atoms with E-state index in [4.69, 9.17) is 9.47 Å². The molecule has 0 saturated carbocycles. The van der Waals surface area contributed by atoms with Crippen molar-refractivity contribution in [2.45, 2.75) is 33.0 Å². The highest BCUT2D eigenvalue weighted by atomic mass is 16.5. The van der Waals surface area contributed by atoms with E-state index in [0.29, 0.717) is 24.7 Å². The molecular formula is C22H24N4O4. The van der Waals surface area contributed by atoms with Gasteiger partial charge in [-0.1, -0.05) is 13.0 Å². The molecule has 0 saturated heterocycles. The lowest BCUT2D eigenvalue weighted by Crippen LogP contribution is -2.29. The van der Waals surface area contributed by atoms with Crippen molar-refractivity contribution in [3.05, 3.63) is 82.0 Å². The summed E-state index contributed by atoms with van der Waals surface area (Å²) < 4.78 is 12.5. The summed E-state index contributed by atoms with van der Waals surface area (Å²) in [5, 5.41) is 6.93. The molecule has 0 aliphatic rings. The largest absolute Gasteiger partial charge is 0.493 e. The molecule has 2 heterocycles. The van der Waals surface area contributed by atoms with E-state index < -0.39 is 0 Å². The van der Waals surface area contributed by atoms with Crippen LogP contribution in [0.15, 0.2) is 59.7 Å². The molecule has 30 heavy (non-hydrogen) atoms. The molecule has 0 fully saturated rings. The van der Waals surface area contributed by atoms with E-state index in [1.807, 2.05) is 31.2 Å². The maximum atomic E-state index is 12.4. The van der Waals surface area contributed by atoms with Crippen molar-refractivity contribution < 1.29 is 14.3 Å². The number of amides is 1. The summed E-state index contributed by atoms with van der Waals surface area (Å²) in [5.41, 5.74) is 1.83. The number of hydrogen-bond acceptors (Lipinski definition) is 6. The molecule has 0 bridgehead atoms. The van der Waals surface area contributed by atoms with Crippen molar-refractivity contribution in [1.29, 1.82) is 0 Å². The third kappa shape index (κ3) is 5.44. The number of carbonyl (C=O) groups is 1. The Morgan fingerprint density at radius 2 is 1.87 bits per heavy atom. The Morgan fingerprint density at radius 3 is 2.60 bits per heavy atom. The Morgan fingerprint density at radius 1 is 1.07 bits per heavy atom. The molecule has 8 heteroatoms. The number of aromatic nitrogens is 3. The molecule has 3 aromatic rings. The molecule has 1 aromatic carbocycles. The fourth-order valence-corrected chi connectivity index (χ4v) is 2.80. The van der Waals surface area contributed by atoms with Gasteiger partial charge in [-0.25, -0.2) is 4.68 Å². The summed E-state index contributed by atoms with van der Waals surface area (Å²) in [4.78, 5) is 28.2. The Kier molecular flexibility index (Phi) is 7.15. The van der Waals surface area contributed by atoms with Gasteiger partial charge in [0.1, 0.15) is 12.3 Å². The number of rotatable bonds is 9. The summed E-state index contributed by atoms with van der Waals surface area (Å²) in [6, 6.07) is 12.0. The van der Waals surface area contributed by atoms with Crippen LogP contribution in [0.25, 0.3) is 0 Å². The zero-order valence-corrected chi connectivity index (χ0v) is 17.0. The minimum Gasteiger partial charge on any atom is -0.493 e. The van der Waals surface area contributed by atoms with Crippen LogP contribution in [0.2, 0.25) is 0 Å². The van der Waals surface area contributed by atoms with Gasteiger partial charge in [-0.3, -0.25) is 14.6 Å². The quantitative estimate of drug-likeness (QED) is 0.585. The average molecular weight is 408 g/mol. The first-order valence-electron chi connectivity index (χ1n) is 9.65. The fraction of sp³-hybridized carbons (Fsp3) is 0.273. The number of ether oxygens (including phenoxy) is 2. The highest BCUT2D eigenvalue weighted by molar-refractivity contribution is 5.91. The van der Waals surface area contributed by atoms with Gasteiger partial charge in [0.05, 0.1) is 7.11 Å². The molecule has 0 aliphatic carbocycles. The second kappa shape index (κ2) is 10.2. The maximum Gasteiger partial charge on any atom is 0.271 e. The molecule has 3 rings (SSSR count). The van der Waals surface area contributed by atoms with Crippen LogP contribution in [0.5, 0.6) is 11.5 Å². The Bertz CT molecular complexity index is 1050. The zero-order chi connectivity index (χ0) is 21.3. The summed E-state index contributed by atoms with van der Waals surface area (Å²) in [6.45, 7) is 3.10. The van der Waals surface area contributed by atoms with Gasteiger partial charge in [0.25, 0.3) is 11.5 Å². The Labute approximate surface area is 174 Å². The number of aryl methyl sites for hydroxylation is 1. The molecule has 0 aliphatic heterocycles. The molecule has 0 atom stereocenters. The van der Waals surface area contributed by atoms with Gasteiger partial charge in [0.2, 0.25) is 0 Å². The van der Waals surface area contributed by atoms with Crippen LogP contribution in [-0.2, 0) is 19.7 Å². The molecule has 8 nitrogen and oxygen atoms in total. The van der Waals surface area contributed by atoms with Crippen LogP contribution in [0.4, 0.5) is 0 Å². The topological polar surface area (TPSA) is 95.3 Å². The first kappa shape index (κ1) is 21.0. The van der Waals surface area contributed by atoms with Gasteiger partial charge in [-0.2, -0.15) is 5.10 Å². The molecular weight excluding hydrogens is 384 g/mol. The van der Waals surface area contributed by atoms with E-state index in [-0.39, 0.29) is 23.7 Å². The standard InChI is InChI=1S/C22H24N4O4/c1-3-12-26-21(27)7-5-18(25-26)22(28)24-14-17-4-6-19(20(13-17)29-2)30-15-16-8-10-23-11-9-16/h4-11,13H,3,12,14-15H2,1-2H3,(H,24,28). The van der Waals surface area contributed by atoms with E-state index in [1.54, 1.807) is 25.6 Å². The van der Waals surface area contributed by atoms with E-state index in [0.717, 1.165) is 17.5 Å². The second-order valence-electron chi connectivity index (χ2n) is 6.59. The van der Waals surface area contributed by atoms with Crippen molar-refractivity contribution in [3.63, 3.8) is 0 Å². The van der Waals surface area contributed by atoms with Gasteiger partial charge in [-0.15, -0.1) is 0 Å². The number of benzene rings is 1. The monoisotopic (exact) mass is 408 g/mol. The minimum atomic E-state index is -0.350. The SMILES string of the molecule is CCCn1nc(C(=O)NCc2ccc(OCc3ccncc3)c(OC)c2)ccc1=O. The lowest BCUT2D eigenvalue weighted by molar-refractivity contribution is 0.0943. The van der Waals surface area contributed by atoms with Crippen molar-refractivity contribution >= 4 is 5.91 Å². The van der Waals surface area contributed by atoms with Crippen molar-refractivity contribution in [3.8, 4) is 11.5 Å². The minimum absolute atomic E-state index is 0.201. The number of methoxy groups -OCH3 is 1. The fourth-order valence-electron chi connectivity index (χ4n) is 2.80. The van der Waals surface area contributed by atoms with Crippen LogP contribution >= 0.6 is 0 Å². The summed E-state index contributed by atoms with van der Waals surface area (Å²) in [5.74, 6) is 0.833.